The molecule has 3 nitrogen and oxygen atoms in total. The maximum absolute atomic E-state index is 9.58. The first-order valence-electron chi connectivity index (χ1n) is 7.33. The number of rotatable bonds is 6. The summed E-state index contributed by atoms with van der Waals surface area (Å²) in [5.74, 6) is 1.63. The third-order valence-corrected chi connectivity index (χ3v) is 3.20. The molecule has 2 aromatic rings. The van der Waals surface area contributed by atoms with E-state index in [1.807, 2.05) is 36.4 Å². The molecular weight excluding hydrogens is 262 g/mol. The standard InChI is InChI=1S/C18H23NO2/c1-13(2)12-21-18-10-5-4-9-17(18)19-14(3)15-7-6-8-16(20)11-15/h4-11,13-14,19-20H,12H2,1-3H3. The van der Waals surface area contributed by atoms with Gasteiger partial charge in [-0.3, -0.25) is 0 Å². The van der Waals surface area contributed by atoms with Gasteiger partial charge >= 0.3 is 0 Å². The summed E-state index contributed by atoms with van der Waals surface area (Å²) >= 11 is 0. The molecule has 0 heterocycles. The van der Waals surface area contributed by atoms with E-state index in [-0.39, 0.29) is 11.8 Å². The third-order valence-electron chi connectivity index (χ3n) is 3.20. The molecule has 0 bridgehead atoms. The minimum atomic E-state index is 0.0842. The summed E-state index contributed by atoms with van der Waals surface area (Å²) in [5.41, 5.74) is 2.00. The number of hydrogen-bond acceptors (Lipinski definition) is 3. The van der Waals surface area contributed by atoms with Gasteiger partial charge in [0, 0.05) is 6.04 Å². The largest absolute Gasteiger partial charge is 0.508 e. The van der Waals surface area contributed by atoms with E-state index in [0.29, 0.717) is 12.5 Å². The monoisotopic (exact) mass is 285 g/mol. The maximum Gasteiger partial charge on any atom is 0.142 e. The summed E-state index contributed by atoms with van der Waals surface area (Å²) in [6, 6.07) is 15.3. The van der Waals surface area contributed by atoms with Crippen LogP contribution in [0.15, 0.2) is 48.5 Å². The van der Waals surface area contributed by atoms with Crippen LogP contribution in [0.4, 0.5) is 5.69 Å². The summed E-state index contributed by atoms with van der Waals surface area (Å²) in [6.45, 7) is 7.02. The Kier molecular flexibility index (Phi) is 5.09. The smallest absolute Gasteiger partial charge is 0.142 e. The lowest BCUT2D eigenvalue weighted by molar-refractivity contribution is 0.272. The summed E-state index contributed by atoms with van der Waals surface area (Å²) in [4.78, 5) is 0. The Morgan fingerprint density at radius 2 is 1.81 bits per heavy atom. The van der Waals surface area contributed by atoms with Crippen molar-refractivity contribution in [1.29, 1.82) is 0 Å². The second-order valence-corrected chi connectivity index (χ2v) is 5.66. The predicted octanol–water partition coefficient (Wildman–Crippen LogP) is 4.60. The minimum absolute atomic E-state index is 0.0842. The van der Waals surface area contributed by atoms with Crippen LogP contribution >= 0.6 is 0 Å². The number of ether oxygens (including phenoxy) is 1. The van der Waals surface area contributed by atoms with E-state index in [1.165, 1.54) is 0 Å². The molecule has 2 aromatic carbocycles. The summed E-state index contributed by atoms with van der Waals surface area (Å²) < 4.78 is 5.85. The number of aromatic hydroxyl groups is 1. The van der Waals surface area contributed by atoms with Gasteiger partial charge in [-0.05, 0) is 42.7 Å². The first kappa shape index (κ1) is 15.2. The first-order valence-corrected chi connectivity index (χ1v) is 7.33. The van der Waals surface area contributed by atoms with Crippen LogP contribution in [-0.2, 0) is 0 Å². The molecule has 112 valence electrons. The third kappa shape index (κ3) is 4.42. The van der Waals surface area contributed by atoms with Gasteiger partial charge in [0.1, 0.15) is 11.5 Å². The van der Waals surface area contributed by atoms with E-state index in [2.05, 4.69) is 26.1 Å². The topological polar surface area (TPSA) is 41.5 Å². The van der Waals surface area contributed by atoms with Gasteiger partial charge in [0.05, 0.1) is 12.3 Å². The molecule has 2 rings (SSSR count). The van der Waals surface area contributed by atoms with E-state index in [0.717, 1.165) is 17.0 Å². The Labute approximate surface area is 126 Å². The quantitative estimate of drug-likeness (QED) is 0.815. The number of hydrogen-bond donors (Lipinski definition) is 2. The molecule has 0 spiro atoms. The highest BCUT2D eigenvalue weighted by atomic mass is 16.5. The lowest BCUT2D eigenvalue weighted by Gasteiger charge is -2.19. The SMILES string of the molecule is CC(C)COc1ccccc1NC(C)c1cccc(O)c1. The van der Waals surface area contributed by atoms with E-state index >= 15 is 0 Å². The van der Waals surface area contributed by atoms with Crippen molar-refractivity contribution >= 4 is 5.69 Å². The lowest BCUT2D eigenvalue weighted by Crippen LogP contribution is -2.10. The van der Waals surface area contributed by atoms with Crippen LogP contribution in [0.1, 0.15) is 32.4 Å². The van der Waals surface area contributed by atoms with Crippen molar-refractivity contribution in [2.24, 2.45) is 5.92 Å². The number of benzene rings is 2. The molecule has 0 aliphatic heterocycles. The van der Waals surface area contributed by atoms with Gasteiger partial charge in [-0.1, -0.05) is 38.1 Å². The molecule has 0 amide bonds. The van der Waals surface area contributed by atoms with Crippen LogP contribution < -0.4 is 10.1 Å². The zero-order chi connectivity index (χ0) is 15.2. The van der Waals surface area contributed by atoms with Crippen LogP contribution in [0.25, 0.3) is 0 Å². The van der Waals surface area contributed by atoms with Gasteiger partial charge < -0.3 is 15.2 Å². The Morgan fingerprint density at radius 1 is 1.05 bits per heavy atom. The molecule has 2 N–H and O–H groups in total. The Bertz CT molecular complexity index is 581. The molecule has 0 aliphatic rings. The molecule has 1 atom stereocenters. The molecule has 0 aromatic heterocycles. The van der Waals surface area contributed by atoms with Crippen molar-refractivity contribution in [3.63, 3.8) is 0 Å². The van der Waals surface area contributed by atoms with Gasteiger partial charge in [0.2, 0.25) is 0 Å². The van der Waals surface area contributed by atoms with Crippen molar-refractivity contribution in [2.45, 2.75) is 26.8 Å². The van der Waals surface area contributed by atoms with Crippen molar-refractivity contribution in [2.75, 3.05) is 11.9 Å². The number of para-hydroxylation sites is 2. The van der Waals surface area contributed by atoms with Crippen LogP contribution in [0.5, 0.6) is 11.5 Å². The average Bonchev–Trinajstić information content (AvgIpc) is 2.46. The van der Waals surface area contributed by atoms with Crippen molar-refractivity contribution < 1.29 is 9.84 Å². The van der Waals surface area contributed by atoms with Gasteiger partial charge in [0.15, 0.2) is 0 Å². The predicted molar refractivity (Wildman–Crippen MR) is 86.9 cm³/mol. The zero-order valence-electron chi connectivity index (χ0n) is 12.8. The molecule has 21 heavy (non-hydrogen) atoms. The molecule has 1 unspecified atom stereocenters. The normalized spacial score (nSPS) is 12.2. The molecule has 0 radical (unpaired) electrons. The number of anilines is 1. The van der Waals surface area contributed by atoms with Gasteiger partial charge in [-0.2, -0.15) is 0 Å². The molecule has 0 fully saturated rings. The fraction of sp³-hybridized carbons (Fsp3) is 0.333. The minimum Gasteiger partial charge on any atom is -0.508 e. The van der Waals surface area contributed by atoms with E-state index < -0.39 is 0 Å². The summed E-state index contributed by atoms with van der Waals surface area (Å²) in [5, 5.41) is 13.0. The first-order chi connectivity index (χ1) is 10.1. The Balaban J connectivity index is 2.11. The van der Waals surface area contributed by atoms with Crippen molar-refractivity contribution in [3.8, 4) is 11.5 Å². The van der Waals surface area contributed by atoms with Gasteiger partial charge in [-0.15, -0.1) is 0 Å². The van der Waals surface area contributed by atoms with Crippen molar-refractivity contribution in [1.82, 2.24) is 0 Å². The fourth-order valence-electron chi connectivity index (χ4n) is 2.08. The van der Waals surface area contributed by atoms with E-state index in [1.54, 1.807) is 12.1 Å². The van der Waals surface area contributed by atoms with Gasteiger partial charge in [-0.25, -0.2) is 0 Å². The molecule has 3 heteroatoms. The lowest BCUT2D eigenvalue weighted by atomic mass is 10.1. The van der Waals surface area contributed by atoms with E-state index in [9.17, 15) is 5.11 Å². The van der Waals surface area contributed by atoms with Crippen LogP contribution in [-0.4, -0.2) is 11.7 Å². The number of nitrogens with one attached hydrogen (secondary N) is 1. The highest BCUT2D eigenvalue weighted by molar-refractivity contribution is 5.57. The number of phenols is 1. The second-order valence-electron chi connectivity index (χ2n) is 5.66. The highest BCUT2D eigenvalue weighted by Gasteiger charge is 2.10. The van der Waals surface area contributed by atoms with Crippen LogP contribution in [0.2, 0.25) is 0 Å². The molecule has 0 saturated carbocycles. The second kappa shape index (κ2) is 7.02. The fourth-order valence-corrected chi connectivity index (χ4v) is 2.08. The molecule has 0 aliphatic carbocycles. The highest BCUT2D eigenvalue weighted by Crippen LogP contribution is 2.29. The maximum atomic E-state index is 9.58. The van der Waals surface area contributed by atoms with Crippen LogP contribution in [0, 0.1) is 5.92 Å². The average molecular weight is 285 g/mol. The Morgan fingerprint density at radius 3 is 2.52 bits per heavy atom. The number of phenolic OH excluding ortho intramolecular Hbond substituents is 1. The summed E-state index contributed by atoms with van der Waals surface area (Å²) in [6.07, 6.45) is 0. The van der Waals surface area contributed by atoms with Gasteiger partial charge in [0.25, 0.3) is 0 Å². The molecular formula is C18H23NO2. The Hall–Kier alpha value is -2.16. The summed E-state index contributed by atoms with van der Waals surface area (Å²) in [7, 11) is 0. The zero-order valence-corrected chi connectivity index (χ0v) is 12.8. The van der Waals surface area contributed by atoms with Crippen LogP contribution in [0.3, 0.4) is 0 Å². The molecule has 0 saturated heterocycles. The van der Waals surface area contributed by atoms with E-state index in [4.69, 9.17) is 4.74 Å². The van der Waals surface area contributed by atoms with Crippen molar-refractivity contribution in [3.05, 3.63) is 54.1 Å².